The molecule has 142 valence electrons. The molecule has 0 saturated carbocycles. The van der Waals surface area contributed by atoms with Crippen LogP contribution in [0.25, 0.3) is 0 Å². The van der Waals surface area contributed by atoms with Crippen LogP contribution in [0.4, 0.5) is 4.79 Å². The molecule has 0 aliphatic rings. The molecule has 1 aromatic rings. The van der Waals surface area contributed by atoms with Crippen LogP contribution in [0.3, 0.4) is 0 Å². The summed E-state index contributed by atoms with van der Waals surface area (Å²) >= 11 is 0. The fourth-order valence-corrected chi connectivity index (χ4v) is 3.24. The van der Waals surface area contributed by atoms with Gasteiger partial charge in [-0.25, -0.2) is 13.2 Å². The molecule has 5 nitrogen and oxygen atoms in total. The number of carbonyl (C=O) groups excluding carboxylic acids is 1. The highest BCUT2D eigenvalue weighted by molar-refractivity contribution is 7.90. The fourth-order valence-electron chi connectivity index (χ4n) is 2.61. The molecule has 0 bridgehead atoms. The molecule has 0 radical (unpaired) electrons. The van der Waals surface area contributed by atoms with Gasteiger partial charge in [0, 0.05) is 19.3 Å². The van der Waals surface area contributed by atoms with Crippen LogP contribution in [0.2, 0.25) is 0 Å². The first-order valence-corrected chi connectivity index (χ1v) is 10.7. The summed E-state index contributed by atoms with van der Waals surface area (Å²) < 4.78 is 23.1. The van der Waals surface area contributed by atoms with Crippen molar-refractivity contribution in [2.45, 2.75) is 63.9 Å². The van der Waals surface area contributed by atoms with Crippen molar-refractivity contribution in [2.75, 3.05) is 13.3 Å². The molecule has 1 rings (SSSR count). The topological polar surface area (TPSA) is 66.5 Å². The van der Waals surface area contributed by atoms with Gasteiger partial charge < -0.3 is 10.2 Å². The summed E-state index contributed by atoms with van der Waals surface area (Å²) in [5, 5.41) is 3.03. The molecule has 6 heteroatoms. The maximum Gasteiger partial charge on any atom is 0.317 e. The lowest BCUT2D eigenvalue weighted by Crippen LogP contribution is -2.42. The molecule has 1 aromatic carbocycles. The molecular weight excluding hydrogens is 336 g/mol. The molecule has 0 aliphatic heterocycles. The second-order valence-corrected chi connectivity index (χ2v) is 9.32. The third-order valence-corrected chi connectivity index (χ3v) is 5.61. The summed E-state index contributed by atoms with van der Waals surface area (Å²) in [6.07, 6.45) is 4.42. The van der Waals surface area contributed by atoms with Crippen LogP contribution in [0, 0.1) is 5.92 Å². The highest BCUT2D eigenvalue weighted by Crippen LogP contribution is 2.21. The number of rotatable bonds is 8. The number of sulfone groups is 1. The van der Waals surface area contributed by atoms with E-state index in [1.807, 2.05) is 13.8 Å². The Morgan fingerprint density at radius 1 is 1.08 bits per heavy atom. The van der Waals surface area contributed by atoms with Crippen molar-refractivity contribution in [1.82, 2.24) is 10.2 Å². The maximum atomic E-state index is 12.4. The van der Waals surface area contributed by atoms with Crippen LogP contribution in [-0.2, 0) is 9.84 Å². The fraction of sp³-hybridized carbons (Fsp3) is 0.632. The molecule has 25 heavy (non-hydrogen) atoms. The van der Waals surface area contributed by atoms with Crippen LogP contribution < -0.4 is 5.32 Å². The normalized spacial score (nSPS) is 14.2. The van der Waals surface area contributed by atoms with Gasteiger partial charge >= 0.3 is 6.03 Å². The van der Waals surface area contributed by atoms with E-state index >= 15 is 0 Å². The third kappa shape index (κ3) is 7.06. The number of nitrogens with one attached hydrogen (secondary N) is 1. The SMILES string of the molecule is CC(C)CCCC(C)NC(=O)N(C)C(C)c1ccc(S(C)(=O)=O)cc1. The maximum absolute atomic E-state index is 12.4. The summed E-state index contributed by atoms with van der Waals surface area (Å²) in [6.45, 7) is 8.36. The Labute approximate surface area is 152 Å². The number of nitrogens with zero attached hydrogens (tertiary/aromatic N) is 1. The molecule has 0 heterocycles. The van der Waals surface area contributed by atoms with Gasteiger partial charge in [-0.15, -0.1) is 0 Å². The largest absolute Gasteiger partial charge is 0.336 e. The summed E-state index contributed by atoms with van der Waals surface area (Å²) in [5.74, 6) is 0.681. The zero-order valence-electron chi connectivity index (χ0n) is 16.2. The summed E-state index contributed by atoms with van der Waals surface area (Å²) in [6, 6.07) is 6.57. The van der Waals surface area contributed by atoms with E-state index in [2.05, 4.69) is 19.2 Å². The third-order valence-electron chi connectivity index (χ3n) is 4.48. The van der Waals surface area contributed by atoms with Crippen LogP contribution in [0.15, 0.2) is 29.2 Å². The Hall–Kier alpha value is -1.56. The summed E-state index contributed by atoms with van der Waals surface area (Å²) in [5.41, 5.74) is 0.900. The molecule has 1 N–H and O–H groups in total. The number of hydrogen-bond donors (Lipinski definition) is 1. The van der Waals surface area contributed by atoms with Crippen LogP contribution in [0.5, 0.6) is 0 Å². The van der Waals surface area contributed by atoms with Crippen LogP contribution in [-0.4, -0.2) is 38.7 Å². The van der Waals surface area contributed by atoms with Gasteiger partial charge in [-0.2, -0.15) is 0 Å². The Morgan fingerprint density at radius 2 is 1.64 bits per heavy atom. The first kappa shape index (κ1) is 21.5. The number of amides is 2. The quantitative estimate of drug-likeness (QED) is 0.754. The van der Waals surface area contributed by atoms with Gasteiger partial charge in [0.25, 0.3) is 0 Å². The minimum absolute atomic E-state index is 0.114. The number of urea groups is 1. The van der Waals surface area contributed by atoms with E-state index in [4.69, 9.17) is 0 Å². The van der Waals surface area contributed by atoms with E-state index in [9.17, 15) is 13.2 Å². The van der Waals surface area contributed by atoms with E-state index in [-0.39, 0.29) is 23.0 Å². The van der Waals surface area contributed by atoms with Gasteiger partial charge in [-0.05, 0) is 43.9 Å². The summed E-state index contributed by atoms with van der Waals surface area (Å²) in [4.78, 5) is 14.3. The molecule has 2 amide bonds. The molecule has 0 fully saturated rings. The lowest BCUT2D eigenvalue weighted by Gasteiger charge is -2.27. The predicted molar refractivity (Wildman–Crippen MR) is 102 cm³/mol. The van der Waals surface area contributed by atoms with Crippen molar-refractivity contribution in [1.29, 1.82) is 0 Å². The average Bonchev–Trinajstić information content (AvgIpc) is 2.52. The van der Waals surface area contributed by atoms with Gasteiger partial charge in [-0.1, -0.05) is 38.8 Å². The van der Waals surface area contributed by atoms with Crippen molar-refractivity contribution >= 4 is 15.9 Å². The molecule has 0 spiro atoms. The van der Waals surface area contributed by atoms with E-state index in [0.717, 1.165) is 18.4 Å². The van der Waals surface area contributed by atoms with E-state index in [0.29, 0.717) is 5.92 Å². The summed E-state index contributed by atoms with van der Waals surface area (Å²) in [7, 11) is -1.45. The zero-order chi connectivity index (χ0) is 19.2. The highest BCUT2D eigenvalue weighted by atomic mass is 32.2. The van der Waals surface area contributed by atoms with Gasteiger partial charge in [0.15, 0.2) is 9.84 Å². The van der Waals surface area contributed by atoms with E-state index < -0.39 is 9.84 Å². The number of benzene rings is 1. The van der Waals surface area contributed by atoms with Gasteiger partial charge in [0.2, 0.25) is 0 Å². The smallest absolute Gasteiger partial charge is 0.317 e. The van der Waals surface area contributed by atoms with E-state index in [1.165, 1.54) is 12.7 Å². The van der Waals surface area contributed by atoms with Crippen molar-refractivity contribution in [3.05, 3.63) is 29.8 Å². The molecule has 0 aliphatic carbocycles. The standard InChI is InChI=1S/C19H32N2O3S/c1-14(2)8-7-9-15(3)20-19(22)21(5)16(4)17-10-12-18(13-11-17)25(6,23)24/h10-16H,7-9H2,1-6H3,(H,20,22). The molecular formula is C19H32N2O3S. The second-order valence-electron chi connectivity index (χ2n) is 7.30. The number of hydrogen-bond acceptors (Lipinski definition) is 3. The monoisotopic (exact) mass is 368 g/mol. The molecule has 0 aromatic heterocycles. The Kier molecular flexibility index (Phi) is 7.93. The minimum Gasteiger partial charge on any atom is -0.336 e. The Balaban J connectivity index is 2.62. The second kappa shape index (κ2) is 9.22. The Bertz CT molecular complexity index is 654. The van der Waals surface area contributed by atoms with Gasteiger partial charge in [0.1, 0.15) is 0 Å². The zero-order valence-corrected chi connectivity index (χ0v) is 17.1. The first-order chi connectivity index (χ1) is 11.5. The average molecular weight is 369 g/mol. The van der Waals surface area contributed by atoms with Gasteiger partial charge in [0.05, 0.1) is 10.9 Å². The van der Waals surface area contributed by atoms with Gasteiger partial charge in [-0.3, -0.25) is 0 Å². The minimum atomic E-state index is -3.21. The Morgan fingerprint density at radius 3 is 2.12 bits per heavy atom. The molecule has 2 unspecified atom stereocenters. The molecule has 0 saturated heterocycles. The lowest BCUT2D eigenvalue weighted by molar-refractivity contribution is 0.190. The van der Waals surface area contributed by atoms with Crippen molar-refractivity contribution < 1.29 is 13.2 Å². The predicted octanol–water partition coefficient (Wildman–Crippen LogP) is 4.01. The van der Waals surface area contributed by atoms with Crippen LogP contribution in [0.1, 0.15) is 58.6 Å². The van der Waals surface area contributed by atoms with E-state index in [1.54, 1.807) is 36.2 Å². The number of carbonyl (C=O) groups is 1. The lowest BCUT2D eigenvalue weighted by atomic mass is 10.0. The van der Waals surface area contributed by atoms with Crippen molar-refractivity contribution in [3.8, 4) is 0 Å². The first-order valence-electron chi connectivity index (χ1n) is 8.85. The van der Waals surface area contributed by atoms with Crippen molar-refractivity contribution in [3.63, 3.8) is 0 Å². The van der Waals surface area contributed by atoms with Crippen LogP contribution >= 0.6 is 0 Å². The van der Waals surface area contributed by atoms with Crippen molar-refractivity contribution in [2.24, 2.45) is 5.92 Å². The molecule has 2 atom stereocenters. The highest BCUT2D eigenvalue weighted by Gasteiger charge is 2.19.